The summed E-state index contributed by atoms with van der Waals surface area (Å²) in [6.45, 7) is 0. The Hall–Kier alpha value is -8.98. The summed E-state index contributed by atoms with van der Waals surface area (Å²) < 4.78 is 7.35. The number of fused-ring (bicyclic) bond motifs is 9. The largest absolute Gasteiger partial charge is 0.456 e. The number of furan rings is 1. The zero-order valence-corrected chi connectivity index (χ0v) is 38.3. The molecule has 328 valence electrons. The van der Waals surface area contributed by atoms with Gasteiger partial charge in [-0.2, -0.15) is 0 Å². The van der Waals surface area contributed by atoms with Gasteiger partial charge in [0.1, 0.15) is 11.2 Å². The van der Waals surface area contributed by atoms with Gasteiger partial charge in [-0.15, -0.1) is 0 Å². The summed E-state index contributed by atoms with van der Waals surface area (Å²) in [6, 6.07) is 100. The molecule has 2 aliphatic rings. The van der Waals surface area contributed by atoms with Crippen LogP contribution in [0.2, 0.25) is 0 Å². The maximum absolute atomic E-state index is 7.35. The van der Waals surface area contributed by atoms with Gasteiger partial charge in [0.25, 0.3) is 0 Å². The zero-order valence-electron chi connectivity index (χ0n) is 38.3. The van der Waals surface area contributed by atoms with E-state index in [2.05, 4.69) is 278 Å². The van der Waals surface area contributed by atoms with E-state index < -0.39 is 10.8 Å². The second kappa shape index (κ2) is 15.8. The van der Waals surface area contributed by atoms with E-state index in [-0.39, 0.29) is 0 Å². The Balaban J connectivity index is 1.13. The fourth-order valence-electron chi connectivity index (χ4n) is 12.4. The molecule has 0 spiro atoms. The fraction of sp³-hybridized carbons (Fsp3) is 0.0294. The third-order valence-electron chi connectivity index (χ3n) is 15.2. The molecule has 2 heteroatoms. The van der Waals surface area contributed by atoms with Crippen LogP contribution in [0.5, 0.6) is 0 Å². The lowest BCUT2D eigenvalue weighted by Crippen LogP contribution is -2.31. The standard InChI is InChI=1S/C68H45NO/c1-5-21-46(22-6-1)47-37-39-51(40-38-47)69(52-41-42-56-55-31-13-17-33-59(55)67(62(56)45-52,48-23-7-2-8-24-48)49-25-9-3-10-26-49)63-44-43-58-57-32-16-20-36-64(57)70-66(58)65(63)68(50-27-11-4-12-28-50)60-34-18-14-29-53(60)54-30-15-19-35-61(54)68/h1-45H. The van der Waals surface area contributed by atoms with Gasteiger partial charge >= 0.3 is 0 Å². The Morgan fingerprint density at radius 1 is 0.300 bits per heavy atom. The number of benzene rings is 11. The molecule has 0 aliphatic heterocycles. The van der Waals surface area contributed by atoms with Crippen LogP contribution in [0.1, 0.15) is 44.5 Å². The maximum atomic E-state index is 7.35. The number of para-hydroxylation sites is 1. The molecule has 0 atom stereocenters. The molecule has 11 aromatic carbocycles. The lowest BCUT2D eigenvalue weighted by Gasteiger charge is -2.39. The molecule has 0 radical (unpaired) electrons. The predicted octanol–water partition coefficient (Wildman–Crippen LogP) is 17.4. The molecule has 0 saturated carbocycles. The highest BCUT2D eigenvalue weighted by molar-refractivity contribution is 6.10. The van der Waals surface area contributed by atoms with Crippen molar-refractivity contribution >= 4 is 39.0 Å². The Kier molecular flexibility index (Phi) is 9.06. The first-order valence-corrected chi connectivity index (χ1v) is 24.3. The van der Waals surface area contributed by atoms with Gasteiger partial charge in [-0.05, 0) is 115 Å². The predicted molar refractivity (Wildman–Crippen MR) is 288 cm³/mol. The Bertz CT molecular complexity index is 3840. The zero-order chi connectivity index (χ0) is 46.2. The summed E-state index contributed by atoms with van der Waals surface area (Å²) in [7, 11) is 0. The smallest absolute Gasteiger partial charge is 0.142 e. The third kappa shape index (κ3) is 5.68. The van der Waals surface area contributed by atoms with E-state index in [1.165, 1.54) is 66.8 Å². The van der Waals surface area contributed by atoms with Gasteiger partial charge in [0.2, 0.25) is 0 Å². The van der Waals surface area contributed by atoms with Crippen LogP contribution in [0.25, 0.3) is 55.3 Å². The molecule has 2 nitrogen and oxygen atoms in total. The first-order chi connectivity index (χ1) is 34.7. The number of rotatable bonds is 8. The van der Waals surface area contributed by atoms with Crippen LogP contribution in [-0.4, -0.2) is 0 Å². The molecule has 0 saturated heterocycles. The molecule has 14 rings (SSSR count). The SMILES string of the molecule is c1ccc(-c2ccc(N(c3ccc4c(c3)C(c3ccccc3)(c3ccccc3)c3ccccc3-4)c3ccc4c(oc5ccccc54)c3C3(c4ccccc4)c4ccccc4-c4ccccc43)cc2)cc1. The van der Waals surface area contributed by atoms with Crippen LogP contribution in [0.4, 0.5) is 17.1 Å². The van der Waals surface area contributed by atoms with Crippen molar-refractivity contribution in [3.8, 4) is 33.4 Å². The lowest BCUT2D eigenvalue weighted by molar-refractivity contribution is 0.648. The van der Waals surface area contributed by atoms with Gasteiger partial charge in [-0.3, -0.25) is 0 Å². The van der Waals surface area contributed by atoms with Crippen LogP contribution < -0.4 is 4.90 Å². The second-order valence-electron chi connectivity index (χ2n) is 18.6. The van der Waals surface area contributed by atoms with Crippen molar-refractivity contribution in [2.24, 2.45) is 0 Å². The van der Waals surface area contributed by atoms with E-state index in [4.69, 9.17) is 4.42 Å². The fourth-order valence-corrected chi connectivity index (χ4v) is 12.4. The summed E-state index contributed by atoms with van der Waals surface area (Å²) >= 11 is 0. The van der Waals surface area contributed by atoms with Crippen molar-refractivity contribution in [3.05, 3.63) is 317 Å². The average molecular weight is 892 g/mol. The Morgan fingerprint density at radius 3 is 1.33 bits per heavy atom. The van der Waals surface area contributed by atoms with Crippen molar-refractivity contribution in [1.29, 1.82) is 0 Å². The van der Waals surface area contributed by atoms with Crippen LogP contribution in [0.15, 0.2) is 277 Å². The van der Waals surface area contributed by atoms with Crippen LogP contribution >= 0.6 is 0 Å². The maximum Gasteiger partial charge on any atom is 0.142 e. The van der Waals surface area contributed by atoms with E-state index in [0.717, 1.165) is 50.1 Å². The Morgan fingerprint density at radius 2 is 0.743 bits per heavy atom. The molecule has 0 N–H and O–H groups in total. The van der Waals surface area contributed by atoms with E-state index in [9.17, 15) is 0 Å². The van der Waals surface area contributed by atoms with Crippen LogP contribution in [0, 0.1) is 0 Å². The number of nitrogens with zero attached hydrogens (tertiary/aromatic N) is 1. The van der Waals surface area contributed by atoms with Gasteiger partial charge < -0.3 is 9.32 Å². The van der Waals surface area contributed by atoms with Gasteiger partial charge in [-0.25, -0.2) is 0 Å². The summed E-state index contributed by atoms with van der Waals surface area (Å²) in [6.07, 6.45) is 0. The second-order valence-corrected chi connectivity index (χ2v) is 18.6. The summed E-state index contributed by atoms with van der Waals surface area (Å²) in [5.41, 5.74) is 20.5. The lowest BCUT2D eigenvalue weighted by atomic mass is 9.66. The molecule has 0 fully saturated rings. The molecule has 70 heavy (non-hydrogen) atoms. The highest BCUT2D eigenvalue weighted by Crippen LogP contribution is 2.62. The summed E-state index contributed by atoms with van der Waals surface area (Å²) in [5.74, 6) is 0. The average Bonchev–Trinajstić information content (AvgIpc) is 4.07. The quantitative estimate of drug-likeness (QED) is 0.151. The molecule has 2 aliphatic carbocycles. The monoisotopic (exact) mass is 891 g/mol. The minimum absolute atomic E-state index is 0.590. The van der Waals surface area contributed by atoms with Gasteiger partial charge in [0, 0.05) is 27.7 Å². The molecule has 12 aromatic rings. The molecular formula is C68H45NO. The van der Waals surface area contributed by atoms with Gasteiger partial charge in [0.15, 0.2) is 0 Å². The minimum atomic E-state index is -0.788. The van der Waals surface area contributed by atoms with Crippen molar-refractivity contribution in [3.63, 3.8) is 0 Å². The highest BCUT2D eigenvalue weighted by atomic mass is 16.3. The molecule has 0 bridgehead atoms. The first-order valence-electron chi connectivity index (χ1n) is 24.3. The van der Waals surface area contributed by atoms with Gasteiger partial charge in [0.05, 0.1) is 16.5 Å². The van der Waals surface area contributed by atoms with Crippen molar-refractivity contribution < 1.29 is 4.42 Å². The summed E-state index contributed by atoms with van der Waals surface area (Å²) in [5, 5.41) is 2.18. The van der Waals surface area contributed by atoms with Crippen LogP contribution in [-0.2, 0) is 10.8 Å². The first kappa shape index (κ1) is 40.1. The Labute approximate surface area is 408 Å². The van der Waals surface area contributed by atoms with Crippen molar-refractivity contribution in [2.45, 2.75) is 10.8 Å². The molecule has 1 aromatic heterocycles. The molecule has 0 amide bonds. The summed E-state index contributed by atoms with van der Waals surface area (Å²) in [4.78, 5) is 2.51. The number of anilines is 3. The minimum Gasteiger partial charge on any atom is -0.456 e. The van der Waals surface area contributed by atoms with E-state index in [1.807, 2.05) is 0 Å². The van der Waals surface area contributed by atoms with Crippen LogP contribution in [0.3, 0.4) is 0 Å². The van der Waals surface area contributed by atoms with Crippen molar-refractivity contribution in [1.82, 2.24) is 0 Å². The molecule has 1 heterocycles. The van der Waals surface area contributed by atoms with E-state index in [0.29, 0.717) is 0 Å². The molecule has 0 unspecified atom stereocenters. The highest BCUT2D eigenvalue weighted by Gasteiger charge is 2.50. The normalized spacial score (nSPS) is 13.7. The number of hydrogen-bond donors (Lipinski definition) is 0. The van der Waals surface area contributed by atoms with E-state index >= 15 is 0 Å². The molecular weight excluding hydrogens is 847 g/mol. The number of hydrogen-bond acceptors (Lipinski definition) is 2. The third-order valence-corrected chi connectivity index (χ3v) is 15.2. The van der Waals surface area contributed by atoms with Crippen molar-refractivity contribution in [2.75, 3.05) is 4.90 Å². The van der Waals surface area contributed by atoms with Gasteiger partial charge in [-0.1, -0.05) is 231 Å². The topological polar surface area (TPSA) is 16.4 Å². The van der Waals surface area contributed by atoms with E-state index in [1.54, 1.807) is 0 Å².